The number of ether oxygens (including phenoxy) is 1. The summed E-state index contributed by atoms with van der Waals surface area (Å²) in [6.45, 7) is 5.64. The number of hydrogen-bond donors (Lipinski definition) is 2. The van der Waals surface area contributed by atoms with E-state index in [-0.39, 0.29) is 11.8 Å². The van der Waals surface area contributed by atoms with Crippen molar-refractivity contribution in [2.24, 2.45) is 5.10 Å². The number of carbonyl (C=O) groups excluding carboxylic acids is 2. The van der Waals surface area contributed by atoms with E-state index >= 15 is 0 Å². The molecule has 0 unspecified atom stereocenters. The van der Waals surface area contributed by atoms with Crippen LogP contribution in [0.2, 0.25) is 0 Å². The van der Waals surface area contributed by atoms with E-state index in [1.54, 1.807) is 24.4 Å². The van der Waals surface area contributed by atoms with Crippen molar-refractivity contribution in [2.45, 2.75) is 20.8 Å². The summed E-state index contributed by atoms with van der Waals surface area (Å²) in [5.74, 6) is -0.194. The highest BCUT2D eigenvalue weighted by Crippen LogP contribution is 2.23. The summed E-state index contributed by atoms with van der Waals surface area (Å²) in [5.41, 5.74) is 5.43. The zero-order valence-electron chi connectivity index (χ0n) is 14.5. The van der Waals surface area contributed by atoms with E-state index in [2.05, 4.69) is 15.8 Å². The van der Waals surface area contributed by atoms with Gasteiger partial charge < -0.3 is 10.1 Å². The molecule has 0 aliphatic rings. The van der Waals surface area contributed by atoms with Gasteiger partial charge in [-0.1, -0.05) is 29.8 Å². The third kappa shape index (κ3) is 5.46. The SMILES string of the molecule is CCOc1cc(NC(C)=O)ccc1C(=O)NN=Cc1ccc(C)cc1. The minimum atomic E-state index is -0.388. The molecule has 2 aromatic carbocycles. The maximum absolute atomic E-state index is 12.3. The molecule has 0 aliphatic heterocycles. The van der Waals surface area contributed by atoms with Gasteiger partial charge in [-0.2, -0.15) is 5.10 Å². The number of nitrogens with one attached hydrogen (secondary N) is 2. The Hall–Kier alpha value is -3.15. The molecule has 6 heteroatoms. The highest BCUT2D eigenvalue weighted by atomic mass is 16.5. The van der Waals surface area contributed by atoms with Crippen LogP contribution in [-0.2, 0) is 4.79 Å². The first-order valence-electron chi connectivity index (χ1n) is 7.94. The van der Waals surface area contributed by atoms with Gasteiger partial charge in [-0.15, -0.1) is 0 Å². The Morgan fingerprint density at radius 2 is 1.88 bits per heavy atom. The van der Waals surface area contributed by atoms with Crippen LogP contribution in [0, 0.1) is 6.92 Å². The topological polar surface area (TPSA) is 79.8 Å². The lowest BCUT2D eigenvalue weighted by molar-refractivity contribution is -0.114. The molecule has 0 heterocycles. The van der Waals surface area contributed by atoms with Crippen LogP contribution in [0.25, 0.3) is 0 Å². The van der Waals surface area contributed by atoms with Crippen LogP contribution in [-0.4, -0.2) is 24.6 Å². The van der Waals surface area contributed by atoms with Gasteiger partial charge in [-0.25, -0.2) is 5.43 Å². The van der Waals surface area contributed by atoms with Gasteiger partial charge in [-0.05, 0) is 31.5 Å². The second kappa shape index (κ2) is 8.63. The number of anilines is 1. The molecule has 0 aliphatic carbocycles. The molecule has 0 saturated heterocycles. The van der Waals surface area contributed by atoms with Crippen molar-refractivity contribution in [3.05, 3.63) is 59.2 Å². The van der Waals surface area contributed by atoms with Crippen LogP contribution >= 0.6 is 0 Å². The Kier molecular flexibility index (Phi) is 6.28. The Morgan fingerprint density at radius 1 is 1.16 bits per heavy atom. The van der Waals surface area contributed by atoms with Gasteiger partial charge in [0.1, 0.15) is 5.75 Å². The Labute approximate surface area is 146 Å². The fourth-order valence-corrected chi connectivity index (χ4v) is 2.14. The van der Waals surface area contributed by atoms with Gasteiger partial charge >= 0.3 is 0 Å². The highest BCUT2D eigenvalue weighted by molar-refractivity contribution is 5.98. The van der Waals surface area contributed by atoms with Crippen LogP contribution in [0.1, 0.15) is 35.3 Å². The number of nitrogens with zero attached hydrogens (tertiary/aromatic N) is 1. The monoisotopic (exact) mass is 339 g/mol. The lowest BCUT2D eigenvalue weighted by atomic mass is 10.1. The van der Waals surface area contributed by atoms with Gasteiger partial charge in [0.05, 0.1) is 18.4 Å². The predicted octanol–water partition coefficient (Wildman–Crippen LogP) is 3.12. The highest BCUT2D eigenvalue weighted by Gasteiger charge is 2.13. The molecule has 0 spiro atoms. The second-order valence-electron chi connectivity index (χ2n) is 5.43. The van der Waals surface area contributed by atoms with E-state index in [1.165, 1.54) is 6.92 Å². The van der Waals surface area contributed by atoms with Crippen molar-refractivity contribution >= 4 is 23.7 Å². The first kappa shape index (κ1) is 18.2. The number of benzene rings is 2. The molecule has 0 radical (unpaired) electrons. The van der Waals surface area contributed by atoms with Gasteiger partial charge in [0, 0.05) is 18.7 Å². The van der Waals surface area contributed by atoms with Gasteiger partial charge in [0.25, 0.3) is 5.91 Å². The molecule has 0 bridgehead atoms. The average molecular weight is 339 g/mol. The van der Waals surface area contributed by atoms with Crippen molar-refractivity contribution < 1.29 is 14.3 Å². The van der Waals surface area contributed by atoms with Crippen molar-refractivity contribution in [1.29, 1.82) is 0 Å². The normalized spacial score (nSPS) is 10.5. The van der Waals surface area contributed by atoms with E-state index in [9.17, 15) is 9.59 Å². The predicted molar refractivity (Wildman–Crippen MR) is 98.2 cm³/mol. The fourth-order valence-electron chi connectivity index (χ4n) is 2.14. The molecule has 25 heavy (non-hydrogen) atoms. The van der Waals surface area contributed by atoms with E-state index in [0.29, 0.717) is 23.6 Å². The Morgan fingerprint density at radius 3 is 2.52 bits per heavy atom. The van der Waals surface area contributed by atoms with Crippen molar-refractivity contribution in [1.82, 2.24) is 5.43 Å². The Bertz CT molecular complexity index is 783. The van der Waals surface area contributed by atoms with Gasteiger partial charge in [0.2, 0.25) is 5.91 Å². The summed E-state index contributed by atoms with van der Waals surface area (Å²) in [6.07, 6.45) is 1.57. The number of rotatable bonds is 6. The summed E-state index contributed by atoms with van der Waals surface area (Å²) >= 11 is 0. The largest absolute Gasteiger partial charge is 0.493 e. The standard InChI is InChI=1S/C19H21N3O3/c1-4-25-18-11-16(21-14(3)23)9-10-17(18)19(24)22-20-12-15-7-5-13(2)6-8-15/h5-12H,4H2,1-3H3,(H,21,23)(H,22,24). The van der Waals surface area contributed by atoms with Crippen molar-refractivity contribution in [3.8, 4) is 5.75 Å². The fraction of sp³-hybridized carbons (Fsp3) is 0.211. The molecule has 2 amide bonds. The summed E-state index contributed by atoms with van der Waals surface area (Å²) in [7, 11) is 0. The van der Waals surface area contributed by atoms with Crippen LogP contribution in [0.3, 0.4) is 0 Å². The zero-order valence-corrected chi connectivity index (χ0v) is 14.5. The van der Waals surface area contributed by atoms with Crippen molar-refractivity contribution in [3.63, 3.8) is 0 Å². The minimum absolute atomic E-state index is 0.192. The second-order valence-corrected chi connectivity index (χ2v) is 5.43. The molecule has 2 N–H and O–H groups in total. The first-order chi connectivity index (χ1) is 12.0. The lowest BCUT2D eigenvalue weighted by Crippen LogP contribution is -2.19. The number of aryl methyl sites for hydroxylation is 1. The van der Waals surface area contributed by atoms with Crippen LogP contribution in [0.5, 0.6) is 5.75 Å². The number of carbonyl (C=O) groups is 2. The van der Waals surface area contributed by atoms with E-state index < -0.39 is 0 Å². The zero-order chi connectivity index (χ0) is 18.2. The number of hydrogen-bond acceptors (Lipinski definition) is 4. The van der Waals surface area contributed by atoms with Crippen LogP contribution < -0.4 is 15.5 Å². The molecular weight excluding hydrogens is 318 g/mol. The quantitative estimate of drug-likeness (QED) is 0.627. The van der Waals surface area contributed by atoms with E-state index in [0.717, 1.165) is 11.1 Å². The smallest absolute Gasteiger partial charge is 0.275 e. The Balaban J connectivity index is 2.11. The lowest BCUT2D eigenvalue weighted by Gasteiger charge is -2.11. The molecule has 2 rings (SSSR count). The van der Waals surface area contributed by atoms with Crippen LogP contribution in [0.4, 0.5) is 5.69 Å². The molecule has 0 atom stereocenters. The molecule has 130 valence electrons. The molecule has 0 fully saturated rings. The maximum Gasteiger partial charge on any atom is 0.275 e. The number of hydrazone groups is 1. The average Bonchev–Trinajstić information content (AvgIpc) is 2.56. The molecule has 6 nitrogen and oxygen atoms in total. The van der Waals surface area contributed by atoms with Gasteiger partial charge in [0.15, 0.2) is 0 Å². The minimum Gasteiger partial charge on any atom is -0.493 e. The first-order valence-corrected chi connectivity index (χ1v) is 7.94. The summed E-state index contributed by atoms with van der Waals surface area (Å²) < 4.78 is 5.49. The summed E-state index contributed by atoms with van der Waals surface area (Å²) in [6, 6.07) is 12.6. The van der Waals surface area contributed by atoms with Gasteiger partial charge in [-0.3, -0.25) is 9.59 Å². The summed E-state index contributed by atoms with van der Waals surface area (Å²) in [4.78, 5) is 23.5. The maximum atomic E-state index is 12.3. The van der Waals surface area contributed by atoms with E-state index in [4.69, 9.17) is 4.74 Å². The molecule has 0 aromatic heterocycles. The third-order valence-corrected chi connectivity index (χ3v) is 3.30. The molecular formula is C19H21N3O3. The summed E-state index contributed by atoms with van der Waals surface area (Å²) in [5, 5.41) is 6.63. The van der Waals surface area contributed by atoms with E-state index in [1.807, 2.05) is 38.1 Å². The van der Waals surface area contributed by atoms with Crippen molar-refractivity contribution in [2.75, 3.05) is 11.9 Å². The number of amides is 2. The molecule has 2 aromatic rings. The molecule has 0 saturated carbocycles. The van der Waals surface area contributed by atoms with Crippen LogP contribution in [0.15, 0.2) is 47.6 Å². The third-order valence-electron chi connectivity index (χ3n) is 3.30.